The smallest absolute Gasteiger partial charge is 0.224 e. The Hall–Kier alpha value is -2.61. The van der Waals surface area contributed by atoms with E-state index in [2.05, 4.69) is 15.1 Å². The molecule has 1 atom stereocenters. The number of fused-ring (bicyclic) bond motifs is 1. The zero-order valence-corrected chi connectivity index (χ0v) is 15.9. The van der Waals surface area contributed by atoms with Crippen LogP contribution in [0.15, 0.2) is 36.9 Å². The zero-order valence-electron chi connectivity index (χ0n) is 15.1. The monoisotopic (exact) mass is 383 g/mol. The van der Waals surface area contributed by atoms with Crippen LogP contribution in [0.1, 0.15) is 42.0 Å². The van der Waals surface area contributed by atoms with Crippen LogP contribution in [0.2, 0.25) is 0 Å². The SMILES string of the molecule is CC(CC(=O)N1CCC(C(=O)c2nc3ccccc3s2)CC1)n1cncn1. The van der Waals surface area contributed by atoms with E-state index in [1.165, 1.54) is 17.7 Å². The number of para-hydroxylation sites is 1. The molecular weight excluding hydrogens is 362 g/mol. The number of rotatable bonds is 5. The van der Waals surface area contributed by atoms with Crippen molar-refractivity contribution >= 4 is 33.2 Å². The van der Waals surface area contributed by atoms with Crippen molar-refractivity contribution in [1.29, 1.82) is 0 Å². The lowest BCUT2D eigenvalue weighted by Crippen LogP contribution is -2.40. The molecule has 1 fully saturated rings. The highest BCUT2D eigenvalue weighted by Gasteiger charge is 2.30. The van der Waals surface area contributed by atoms with Gasteiger partial charge in [-0.25, -0.2) is 14.6 Å². The molecule has 3 heterocycles. The highest BCUT2D eigenvalue weighted by atomic mass is 32.1. The Morgan fingerprint density at radius 2 is 2.04 bits per heavy atom. The lowest BCUT2D eigenvalue weighted by atomic mass is 9.92. The molecule has 0 saturated carbocycles. The molecule has 0 radical (unpaired) electrons. The first-order chi connectivity index (χ1) is 13.1. The third-order valence-corrected chi connectivity index (χ3v) is 6.13. The maximum atomic E-state index is 12.8. The molecule has 8 heteroatoms. The largest absolute Gasteiger partial charge is 0.343 e. The minimum Gasteiger partial charge on any atom is -0.343 e. The third kappa shape index (κ3) is 3.75. The number of hydrogen-bond acceptors (Lipinski definition) is 6. The first kappa shape index (κ1) is 17.8. The summed E-state index contributed by atoms with van der Waals surface area (Å²) < 4.78 is 2.73. The zero-order chi connectivity index (χ0) is 18.8. The van der Waals surface area contributed by atoms with E-state index in [9.17, 15) is 9.59 Å². The van der Waals surface area contributed by atoms with Gasteiger partial charge in [-0.1, -0.05) is 12.1 Å². The van der Waals surface area contributed by atoms with Gasteiger partial charge in [0.25, 0.3) is 0 Å². The topological polar surface area (TPSA) is 81.0 Å². The molecule has 1 aromatic carbocycles. The Labute approximate surface area is 161 Å². The van der Waals surface area contributed by atoms with Crippen LogP contribution in [0.3, 0.4) is 0 Å². The van der Waals surface area contributed by atoms with Crippen LogP contribution in [-0.4, -0.2) is 49.4 Å². The molecule has 7 nitrogen and oxygen atoms in total. The Morgan fingerprint density at radius 3 is 2.74 bits per heavy atom. The second-order valence-corrected chi connectivity index (χ2v) is 7.97. The number of thiazole rings is 1. The van der Waals surface area contributed by atoms with Gasteiger partial charge in [0.15, 0.2) is 10.8 Å². The number of hydrogen-bond donors (Lipinski definition) is 0. The quantitative estimate of drug-likeness (QED) is 0.633. The van der Waals surface area contributed by atoms with Crippen LogP contribution in [-0.2, 0) is 4.79 Å². The molecule has 1 saturated heterocycles. The fourth-order valence-electron chi connectivity index (χ4n) is 3.46. The maximum Gasteiger partial charge on any atom is 0.224 e. The van der Waals surface area contributed by atoms with Crippen molar-refractivity contribution in [1.82, 2.24) is 24.6 Å². The van der Waals surface area contributed by atoms with Crippen molar-refractivity contribution in [2.75, 3.05) is 13.1 Å². The van der Waals surface area contributed by atoms with Crippen LogP contribution in [0.4, 0.5) is 0 Å². The number of likely N-dealkylation sites (tertiary alicyclic amines) is 1. The molecule has 0 spiro atoms. The summed E-state index contributed by atoms with van der Waals surface area (Å²) in [5.41, 5.74) is 0.876. The van der Waals surface area contributed by atoms with Gasteiger partial charge in [-0.05, 0) is 31.9 Å². The number of aromatic nitrogens is 4. The summed E-state index contributed by atoms with van der Waals surface area (Å²) in [5, 5.41) is 4.67. The van der Waals surface area contributed by atoms with E-state index in [1.807, 2.05) is 36.1 Å². The second-order valence-electron chi connectivity index (χ2n) is 6.93. The highest BCUT2D eigenvalue weighted by molar-refractivity contribution is 7.20. The summed E-state index contributed by atoms with van der Waals surface area (Å²) in [6, 6.07) is 7.78. The number of carbonyl (C=O) groups is 2. The first-order valence-electron chi connectivity index (χ1n) is 9.13. The predicted octanol–water partition coefficient (Wildman–Crippen LogP) is 2.96. The summed E-state index contributed by atoms with van der Waals surface area (Å²) in [5.74, 6) is 0.158. The van der Waals surface area contributed by atoms with Gasteiger partial charge < -0.3 is 4.90 Å². The lowest BCUT2D eigenvalue weighted by molar-refractivity contribution is -0.133. The minimum atomic E-state index is -0.0534. The molecule has 4 rings (SSSR count). The molecular formula is C19H21N5O2S. The standard InChI is InChI=1S/C19H21N5O2S/c1-13(24-12-20-11-21-24)10-17(25)23-8-6-14(7-9-23)18(26)19-22-15-4-2-3-5-16(15)27-19/h2-5,11-14H,6-10H2,1H3. The molecule has 27 heavy (non-hydrogen) atoms. The van der Waals surface area contributed by atoms with Crippen molar-refractivity contribution in [2.24, 2.45) is 5.92 Å². The van der Waals surface area contributed by atoms with Gasteiger partial charge in [-0.2, -0.15) is 5.10 Å². The van der Waals surface area contributed by atoms with Crippen LogP contribution < -0.4 is 0 Å². The molecule has 140 valence electrons. The molecule has 1 aliphatic heterocycles. The average molecular weight is 383 g/mol. The Bertz CT molecular complexity index is 911. The van der Waals surface area contributed by atoms with Gasteiger partial charge in [0.2, 0.25) is 5.91 Å². The fourth-order valence-corrected chi connectivity index (χ4v) is 4.45. The number of nitrogens with zero attached hydrogens (tertiary/aromatic N) is 5. The number of carbonyl (C=O) groups excluding carboxylic acids is 2. The van der Waals surface area contributed by atoms with Gasteiger partial charge in [0.05, 0.1) is 16.3 Å². The van der Waals surface area contributed by atoms with E-state index >= 15 is 0 Å². The lowest BCUT2D eigenvalue weighted by Gasteiger charge is -2.31. The van der Waals surface area contributed by atoms with Gasteiger partial charge in [-0.3, -0.25) is 9.59 Å². The van der Waals surface area contributed by atoms with Crippen molar-refractivity contribution in [3.63, 3.8) is 0 Å². The summed E-state index contributed by atoms with van der Waals surface area (Å²) in [7, 11) is 0. The predicted molar refractivity (Wildman–Crippen MR) is 103 cm³/mol. The van der Waals surface area contributed by atoms with Crippen LogP contribution in [0, 0.1) is 5.92 Å². The van der Waals surface area contributed by atoms with Crippen molar-refractivity contribution < 1.29 is 9.59 Å². The molecule has 0 aliphatic carbocycles. The van der Waals surface area contributed by atoms with E-state index < -0.39 is 0 Å². The number of Topliss-reactive ketones (excluding diaryl/α,β-unsaturated/α-hetero) is 1. The Kier molecular flexibility index (Phi) is 4.98. The highest BCUT2D eigenvalue weighted by Crippen LogP contribution is 2.28. The maximum absolute atomic E-state index is 12.8. The van der Waals surface area contributed by atoms with Gasteiger partial charge in [-0.15, -0.1) is 11.3 Å². The normalized spacial score (nSPS) is 16.6. The third-order valence-electron chi connectivity index (χ3n) is 5.08. The Morgan fingerprint density at radius 1 is 1.26 bits per heavy atom. The van der Waals surface area contributed by atoms with E-state index in [0.717, 1.165) is 10.2 Å². The molecule has 1 aliphatic rings. The van der Waals surface area contributed by atoms with Crippen molar-refractivity contribution in [3.8, 4) is 0 Å². The van der Waals surface area contributed by atoms with Crippen LogP contribution >= 0.6 is 11.3 Å². The van der Waals surface area contributed by atoms with Gasteiger partial charge in [0.1, 0.15) is 12.7 Å². The van der Waals surface area contributed by atoms with E-state index in [0.29, 0.717) is 37.4 Å². The number of benzene rings is 1. The van der Waals surface area contributed by atoms with E-state index in [4.69, 9.17) is 0 Å². The van der Waals surface area contributed by atoms with Gasteiger partial charge in [0, 0.05) is 25.4 Å². The molecule has 0 N–H and O–H groups in total. The van der Waals surface area contributed by atoms with Crippen molar-refractivity contribution in [3.05, 3.63) is 41.9 Å². The fraction of sp³-hybridized carbons (Fsp3) is 0.421. The number of amides is 1. The summed E-state index contributed by atoms with van der Waals surface area (Å²) in [6.45, 7) is 3.18. The second kappa shape index (κ2) is 7.56. The first-order valence-corrected chi connectivity index (χ1v) is 9.95. The number of piperidine rings is 1. The molecule has 1 unspecified atom stereocenters. The van der Waals surface area contributed by atoms with Crippen LogP contribution in [0.25, 0.3) is 10.2 Å². The van der Waals surface area contributed by atoms with E-state index in [1.54, 1.807) is 11.0 Å². The summed E-state index contributed by atoms with van der Waals surface area (Å²) >= 11 is 1.46. The van der Waals surface area contributed by atoms with Gasteiger partial charge >= 0.3 is 0 Å². The molecule has 3 aromatic rings. The van der Waals surface area contributed by atoms with Crippen molar-refractivity contribution in [2.45, 2.75) is 32.2 Å². The number of ketones is 1. The molecule has 2 aromatic heterocycles. The molecule has 1 amide bonds. The molecule has 0 bridgehead atoms. The summed E-state index contributed by atoms with van der Waals surface area (Å²) in [4.78, 5) is 35.6. The van der Waals surface area contributed by atoms with E-state index in [-0.39, 0.29) is 23.7 Å². The van der Waals surface area contributed by atoms with Crippen LogP contribution in [0.5, 0.6) is 0 Å². The average Bonchev–Trinajstić information content (AvgIpc) is 3.37. The Balaban J connectivity index is 1.34. The minimum absolute atomic E-state index is 0.0258. The summed E-state index contributed by atoms with van der Waals surface area (Å²) in [6.07, 6.45) is 4.87.